The summed E-state index contributed by atoms with van der Waals surface area (Å²) in [5.41, 5.74) is 2.11. The van der Waals surface area contributed by atoms with Crippen LogP contribution in [0.3, 0.4) is 0 Å². The minimum Gasteiger partial charge on any atom is -0.465 e. The number of esters is 1. The first-order chi connectivity index (χ1) is 14.5. The number of hydrogen-bond acceptors (Lipinski definition) is 11. The highest BCUT2D eigenvalue weighted by Gasteiger charge is 2.34. The normalized spacial score (nSPS) is 12.5. The van der Waals surface area contributed by atoms with Crippen molar-refractivity contribution in [3.8, 4) is 6.07 Å². The van der Waals surface area contributed by atoms with E-state index in [9.17, 15) is 26.9 Å². The average molecular weight is 502 g/mol. The number of nitrogens with one attached hydrogen (secondary N) is 1. The monoisotopic (exact) mass is 501 g/mol. The van der Waals surface area contributed by atoms with Gasteiger partial charge in [0.25, 0.3) is 5.04 Å². The molecule has 0 aliphatic heterocycles. The molecule has 0 saturated heterocycles. The van der Waals surface area contributed by atoms with Crippen molar-refractivity contribution in [1.82, 2.24) is 0 Å². The van der Waals surface area contributed by atoms with Crippen molar-refractivity contribution < 1.29 is 26.4 Å². The van der Waals surface area contributed by atoms with Crippen molar-refractivity contribution in [3.63, 3.8) is 0 Å². The van der Waals surface area contributed by atoms with Gasteiger partial charge in [-0.1, -0.05) is 18.2 Å². The number of nitriles is 1. The van der Waals surface area contributed by atoms with E-state index in [1.165, 1.54) is 44.2 Å². The Morgan fingerprint density at radius 1 is 1.23 bits per heavy atom. The number of hydrazone groups is 1. The second kappa shape index (κ2) is 9.82. The number of rotatable bonds is 7. The van der Waals surface area contributed by atoms with E-state index < -0.39 is 35.9 Å². The molecule has 1 N–H and O–H groups in total. The molecule has 166 valence electrons. The Morgan fingerprint density at radius 3 is 2.32 bits per heavy atom. The van der Waals surface area contributed by atoms with Crippen molar-refractivity contribution in [3.05, 3.63) is 35.2 Å². The van der Waals surface area contributed by atoms with Gasteiger partial charge in [-0.25, -0.2) is 21.6 Å². The van der Waals surface area contributed by atoms with E-state index in [0.717, 1.165) is 30.2 Å². The predicted molar refractivity (Wildman–Crippen MR) is 120 cm³/mol. The van der Waals surface area contributed by atoms with Crippen LogP contribution in [0.15, 0.2) is 49.4 Å². The van der Waals surface area contributed by atoms with Crippen LogP contribution in [0.4, 0.5) is 5.69 Å². The van der Waals surface area contributed by atoms with Crippen LogP contribution >= 0.6 is 23.1 Å². The standard InChI is InChI=1S/C18H19N3O6S4/c1-11(2)30(23,24)16-14(15(17(22)27-3)29-18(16)28-4)21-20-13(10-19)31(25,26)12-8-6-5-7-9-12/h5-9,11,21H,1-4H3/b20-13+. The molecule has 1 heterocycles. The molecule has 0 bridgehead atoms. The lowest BCUT2D eigenvalue weighted by atomic mass is 10.4. The quantitative estimate of drug-likeness (QED) is 0.199. The van der Waals surface area contributed by atoms with Crippen molar-refractivity contribution in [2.75, 3.05) is 18.8 Å². The topological polar surface area (TPSA) is 143 Å². The first-order valence-electron chi connectivity index (χ1n) is 8.59. The maximum atomic E-state index is 13.0. The molecule has 0 unspecified atom stereocenters. The Bertz CT molecular complexity index is 1260. The lowest BCUT2D eigenvalue weighted by molar-refractivity contribution is 0.0607. The summed E-state index contributed by atoms with van der Waals surface area (Å²) >= 11 is 1.98. The first-order valence-corrected chi connectivity index (χ1v) is 13.7. The van der Waals surface area contributed by atoms with Crippen LogP contribution in [-0.2, 0) is 24.4 Å². The molecule has 31 heavy (non-hydrogen) atoms. The highest BCUT2D eigenvalue weighted by Crippen LogP contribution is 2.43. The summed E-state index contributed by atoms with van der Waals surface area (Å²) in [6, 6.07) is 8.69. The Hall–Kier alpha value is -2.40. The van der Waals surface area contributed by atoms with Gasteiger partial charge in [-0.2, -0.15) is 10.4 Å². The number of carbonyl (C=O) groups is 1. The number of thioether (sulfide) groups is 1. The molecule has 1 aromatic heterocycles. The molecule has 0 aliphatic rings. The SMILES string of the molecule is COC(=O)c1sc(SC)c(S(=O)(=O)C(C)C)c1N/N=C(\C#N)S(=O)(=O)c1ccccc1. The highest BCUT2D eigenvalue weighted by molar-refractivity contribution is 8.07. The van der Waals surface area contributed by atoms with Gasteiger partial charge in [0.05, 0.1) is 21.5 Å². The summed E-state index contributed by atoms with van der Waals surface area (Å²) in [5, 5.41) is 11.3. The fourth-order valence-electron chi connectivity index (χ4n) is 2.32. The van der Waals surface area contributed by atoms with Crippen LogP contribution in [0.1, 0.15) is 23.5 Å². The molecule has 2 aromatic rings. The zero-order valence-electron chi connectivity index (χ0n) is 16.9. The van der Waals surface area contributed by atoms with Gasteiger partial charge < -0.3 is 4.74 Å². The third kappa shape index (κ3) is 4.93. The number of ether oxygens (including phenoxy) is 1. The number of anilines is 1. The summed E-state index contributed by atoms with van der Waals surface area (Å²) in [7, 11) is -7.03. The van der Waals surface area contributed by atoms with Crippen LogP contribution in [-0.4, -0.2) is 46.5 Å². The molecule has 1 aromatic carbocycles. The third-order valence-electron chi connectivity index (χ3n) is 3.97. The van der Waals surface area contributed by atoms with E-state index in [1.54, 1.807) is 12.3 Å². The van der Waals surface area contributed by atoms with Crippen LogP contribution in [0, 0.1) is 11.3 Å². The number of carbonyl (C=O) groups excluding carboxylic acids is 1. The fraction of sp³-hybridized carbons (Fsp3) is 0.278. The Balaban J connectivity index is 2.71. The lowest BCUT2D eigenvalue weighted by Crippen LogP contribution is -2.18. The minimum absolute atomic E-state index is 0.107. The van der Waals surface area contributed by atoms with Crippen molar-refractivity contribution >= 4 is 59.5 Å². The molecule has 0 aliphatic carbocycles. The van der Waals surface area contributed by atoms with Crippen LogP contribution in [0.5, 0.6) is 0 Å². The van der Waals surface area contributed by atoms with Gasteiger partial charge in [0, 0.05) is 0 Å². The van der Waals surface area contributed by atoms with Gasteiger partial charge in [0.2, 0.25) is 9.84 Å². The number of benzene rings is 1. The summed E-state index contributed by atoms with van der Waals surface area (Å²) in [5.74, 6) is -0.826. The molecule has 0 fully saturated rings. The van der Waals surface area contributed by atoms with E-state index in [-0.39, 0.29) is 20.4 Å². The molecule has 13 heteroatoms. The van der Waals surface area contributed by atoms with E-state index in [2.05, 4.69) is 10.5 Å². The second-order valence-corrected chi connectivity index (χ2v) is 12.6. The summed E-state index contributed by atoms with van der Waals surface area (Å²) in [6.45, 7) is 2.95. The number of hydrogen-bond donors (Lipinski definition) is 1. The lowest BCUT2D eigenvalue weighted by Gasteiger charge is -2.11. The average Bonchev–Trinajstić information content (AvgIpc) is 3.13. The van der Waals surface area contributed by atoms with Crippen molar-refractivity contribution in [1.29, 1.82) is 5.26 Å². The predicted octanol–water partition coefficient (Wildman–Crippen LogP) is 3.16. The number of methoxy groups -OCH3 is 1. The van der Waals surface area contributed by atoms with Crippen LogP contribution in [0.25, 0.3) is 0 Å². The molecule has 2 rings (SSSR count). The molecule has 9 nitrogen and oxygen atoms in total. The molecular formula is C18H19N3O6S4. The van der Waals surface area contributed by atoms with Gasteiger partial charge in [0.15, 0.2) is 9.84 Å². The molecule has 0 atom stereocenters. The third-order valence-corrected chi connectivity index (χ3v) is 10.3. The van der Waals surface area contributed by atoms with Gasteiger partial charge in [-0.05, 0) is 32.2 Å². The summed E-state index contributed by atoms with van der Waals surface area (Å²) in [6.07, 6.45) is 1.64. The zero-order valence-corrected chi connectivity index (χ0v) is 20.2. The number of thiophene rings is 1. The fourth-order valence-corrected chi connectivity index (χ4v) is 7.29. The minimum atomic E-state index is -4.26. The first kappa shape index (κ1) is 24.9. The second-order valence-electron chi connectivity index (χ2n) is 6.17. The largest absolute Gasteiger partial charge is 0.465 e. The van der Waals surface area contributed by atoms with E-state index in [1.807, 2.05) is 0 Å². The van der Waals surface area contributed by atoms with Gasteiger partial charge in [-0.15, -0.1) is 23.1 Å². The zero-order chi connectivity index (χ0) is 23.4. The van der Waals surface area contributed by atoms with Crippen LogP contribution < -0.4 is 5.43 Å². The number of nitrogens with zero attached hydrogens (tertiary/aromatic N) is 2. The number of sulfone groups is 2. The molecule has 0 spiro atoms. The van der Waals surface area contributed by atoms with Gasteiger partial charge >= 0.3 is 5.97 Å². The Morgan fingerprint density at radius 2 is 1.84 bits per heavy atom. The van der Waals surface area contributed by atoms with E-state index >= 15 is 0 Å². The molecule has 0 radical (unpaired) electrons. The van der Waals surface area contributed by atoms with Crippen molar-refractivity contribution in [2.24, 2.45) is 5.10 Å². The maximum Gasteiger partial charge on any atom is 0.350 e. The Kier molecular flexibility index (Phi) is 7.87. The van der Waals surface area contributed by atoms with Gasteiger partial charge in [-0.3, -0.25) is 5.43 Å². The molecule has 0 amide bonds. The summed E-state index contributed by atoms with van der Waals surface area (Å²) < 4.78 is 56.4. The smallest absolute Gasteiger partial charge is 0.350 e. The molecule has 0 saturated carbocycles. The maximum absolute atomic E-state index is 13.0. The van der Waals surface area contributed by atoms with E-state index in [4.69, 9.17) is 4.74 Å². The highest BCUT2D eigenvalue weighted by atomic mass is 32.2. The van der Waals surface area contributed by atoms with Crippen molar-refractivity contribution in [2.45, 2.75) is 33.1 Å². The van der Waals surface area contributed by atoms with Crippen LogP contribution in [0.2, 0.25) is 0 Å². The molecular weight excluding hydrogens is 482 g/mol. The van der Waals surface area contributed by atoms with E-state index in [0.29, 0.717) is 4.21 Å². The summed E-state index contributed by atoms with van der Waals surface area (Å²) in [4.78, 5) is 11.8. The Labute approximate surface area is 189 Å². The van der Waals surface area contributed by atoms with Gasteiger partial charge in [0.1, 0.15) is 21.5 Å².